The number of ether oxygens (including phenoxy) is 1. The topological polar surface area (TPSA) is 61.8 Å². The van der Waals surface area contributed by atoms with Crippen molar-refractivity contribution in [2.45, 2.75) is 58.7 Å². The first-order chi connectivity index (χ1) is 14.4. The molecule has 30 heavy (non-hydrogen) atoms. The molecule has 1 amide bonds. The minimum atomic E-state index is -0.140. The van der Waals surface area contributed by atoms with Crippen LogP contribution in [0.25, 0.3) is 0 Å². The minimum absolute atomic E-state index is 0.0159. The molecule has 0 atom stereocenters. The van der Waals surface area contributed by atoms with Crippen LogP contribution in [0.15, 0.2) is 42.5 Å². The summed E-state index contributed by atoms with van der Waals surface area (Å²) < 4.78 is 5.81. The average Bonchev–Trinajstić information content (AvgIpc) is 2.73. The summed E-state index contributed by atoms with van der Waals surface area (Å²) in [6, 6.07) is 14.5. The molecule has 0 bridgehead atoms. The van der Waals surface area contributed by atoms with Gasteiger partial charge in [-0.25, -0.2) is 0 Å². The molecule has 1 aliphatic rings. The summed E-state index contributed by atoms with van der Waals surface area (Å²) in [5, 5.41) is 12.6. The molecule has 2 aromatic rings. The lowest BCUT2D eigenvalue weighted by atomic mass is 10.0. The molecule has 0 aromatic heterocycles. The molecule has 5 nitrogen and oxygen atoms in total. The van der Waals surface area contributed by atoms with Crippen LogP contribution in [0.1, 0.15) is 54.9 Å². The van der Waals surface area contributed by atoms with Gasteiger partial charge in [0, 0.05) is 26.2 Å². The maximum absolute atomic E-state index is 12.2. The zero-order valence-corrected chi connectivity index (χ0v) is 18.4. The van der Waals surface area contributed by atoms with E-state index in [4.69, 9.17) is 4.74 Å². The van der Waals surface area contributed by atoms with Gasteiger partial charge >= 0.3 is 0 Å². The fraction of sp³-hybridized carbons (Fsp3) is 0.480. The second kappa shape index (κ2) is 10.6. The van der Waals surface area contributed by atoms with Crippen LogP contribution in [0.2, 0.25) is 0 Å². The molecule has 0 saturated carbocycles. The van der Waals surface area contributed by atoms with E-state index >= 15 is 0 Å². The number of carbonyl (C=O) groups excluding carboxylic acids is 1. The first kappa shape index (κ1) is 22.3. The molecule has 2 N–H and O–H groups in total. The normalized spacial score (nSPS) is 15.4. The van der Waals surface area contributed by atoms with E-state index in [-0.39, 0.29) is 18.6 Å². The zero-order chi connectivity index (χ0) is 21.5. The molecule has 3 rings (SSSR count). The SMILES string of the molecule is Cc1ccc(C(C)C)c(OCC(=O)NCc2ccc(CN3CCC(O)CC3)cc2)c1. The molecule has 1 saturated heterocycles. The second-order valence-electron chi connectivity index (χ2n) is 8.59. The Kier molecular flexibility index (Phi) is 7.88. The number of aliphatic hydroxyl groups excluding tert-OH is 1. The molecular formula is C25H34N2O3. The number of hydrogen-bond donors (Lipinski definition) is 2. The van der Waals surface area contributed by atoms with Crippen LogP contribution in [-0.2, 0) is 17.9 Å². The molecule has 2 aromatic carbocycles. The Morgan fingerprint density at radius 3 is 2.47 bits per heavy atom. The van der Waals surface area contributed by atoms with Crippen molar-refractivity contribution in [2.24, 2.45) is 0 Å². The Hall–Kier alpha value is -2.37. The van der Waals surface area contributed by atoms with E-state index in [1.54, 1.807) is 0 Å². The van der Waals surface area contributed by atoms with Gasteiger partial charge in [0.25, 0.3) is 5.91 Å². The minimum Gasteiger partial charge on any atom is -0.483 e. The number of hydrogen-bond acceptors (Lipinski definition) is 4. The van der Waals surface area contributed by atoms with Crippen molar-refractivity contribution in [1.82, 2.24) is 10.2 Å². The Labute approximate surface area is 180 Å². The van der Waals surface area contributed by atoms with Crippen molar-refractivity contribution in [3.63, 3.8) is 0 Å². The first-order valence-electron chi connectivity index (χ1n) is 10.9. The number of carbonyl (C=O) groups is 1. The van der Waals surface area contributed by atoms with Gasteiger partial charge in [-0.2, -0.15) is 0 Å². The van der Waals surface area contributed by atoms with E-state index in [9.17, 15) is 9.90 Å². The lowest BCUT2D eigenvalue weighted by molar-refractivity contribution is -0.123. The monoisotopic (exact) mass is 410 g/mol. The van der Waals surface area contributed by atoms with Crippen LogP contribution in [-0.4, -0.2) is 41.7 Å². The molecule has 0 spiro atoms. The molecule has 5 heteroatoms. The number of aliphatic hydroxyl groups is 1. The average molecular weight is 411 g/mol. The number of aryl methyl sites for hydroxylation is 1. The lowest BCUT2D eigenvalue weighted by Gasteiger charge is -2.29. The van der Waals surface area contributed by atoms with Crippen molar-refractivity contribution in [3.8, 4) is 5.75 Å². The van der Waals surface area contributed by atoms with Crippen LogP contribution in [0.4, 0.5) is 0 Å². The van der Waals surface area contributed by atoms with E-state index < -0.39 is 0 Å². The Bertz CT molecular complexity index is 825. The van der Waals surface area contributed by atoms with Gasteiger partial charge in [0.2, 0.25) is 0 Å². The summed E-state index contributed by atoms with van der Waals surface area (Å²) >= 11 is 0. The van der Waals surface area contributed by atoms with Gasteiger partial charge in [-0.05, 0) is 54.0 Å². The molecule has 162 valence electrons. The smallest absolute Gasteiger partial charge is 0.258 e. The van der Waals surface area contributed by atoms with E-state index in [0.29, 0.717) is 12.5 Å². The molecule has 0 radical (unpaired) electrons. The standard InChI is InChI=1S/C25H34N2O3/c1-18(2)23-9-4-19(3)14-24(23)30-17-25(29)26-15-20-5-7-21(8-6-20)16-27-12-10-22(28)11-13-27/h4-9,14,18,22,28H,10-13,15-17H2,1-3H3,(H,26,29). The van der Waals surface area contributed by atoms with Gasteiger partial charge in [0.1, 0.15) is 5.75 Å². The highest BCUT2D eigenvalue weighted by atomic mass is 16.5. The summed E-state index contributed by atoms with van der Waals surface area (Å²) in [7, 11) is 0. The van der Waals surface area contributed by atoms with Crippen molar-refractivity contribution in [1.29, 1.82) is 0 Å². The molecular weight excluding hydrogens is 376 g/mol. The van der Waals surface area contributed by atoms with Crippen molar-refractivity contribution >= 4 is 5.91 Å². The van der Waals surface area contributed by atoms with Crippen molar-refractivity contribution in [2.75, 3.05) is 19.7 Å². The predicted molar refractivity (Wildman–Crippen MR) is 120 cm³/mol. The van der Waals surface area contributed by atoms with E-state index in [1.807, 2.05) is 13.0 Å². The van der Waals surface area contributed by atoms with Gasteiger partial charge in [0.15, 0.2) is 6.61 Å². The number of likely N-dealkylation sites (tertiary alicyclic amines) is 1. The third-order valence-electron chi connectivity index (χ3n) is 5.63. The van der Waals surface area contributed by atoms with Gasteiger partial charge in [-0.1, -0.05) is 50.2 Å². The summed E-state index contributed by atoms with van der Waals surface area (Å²) in [5.74, 6) is 1.01. The van der Waals surface area contributed by atoms with Gasteiger partial charge in [-0.15, -0.1) is 0 Å². The Morgan fingerprint density at radius 2 is 1.80 bits per heavy atom. The third-order valence-corrected chi connectivity index (χ3v) is 5.63. The molecule has 0 unspecified atom stereocenters. The number of nitrogens with one attached hydrogen (secondary N) is 1. The molecule has 1 aliphatic heterocycles. The maximum Gasteiger partial charge on any atom is 0.258 e. The summed E-state index contributed by atoms with van der Waals surface area (Å²) in [6.07, 6.45) is 1.57. The highest BCUT2D eigenvalue weighted by Gasteiger charge is 2.16. The summed E-state index contributed by atoms with van der Waals surface area (Å²) in [5.41, 5.74) is 4.56. The van der Waals surface area contributed by atoms with E-state index in [2.05, 4.69) is 60.5 Å². The lowest BCUT2D eigenvalue weighted by Crippen LogP contribution is -2.35. The highest BCUT2D eigenvalue weighted by Crippen LogP contribution is 2.27. The molecule has 1 heterocycles. The maximum atomic E-state index is 12.2. The summed E-state index contributed by atoms with van der Waals surface area (Å²) in [4.78, 5) is 14.6. The number of nitrogens with zero attached hydrogens (tertiary/aromatic N) is 1. The van der Waals surface area contributed by atoms with Crippen LogP contribution < -0.4 is 10.1 Å². The van der Waals surface area contributed by atoms with Gasteiger partial charge in [-0.3, -0.25) is 9.69 Å². The Balaban J connectivity index is 1.44. The largest absolute Gasteiger partial charge is 0.483 e. The van der Waals surface area contributed by atoms with Crippen molar-refractivity contribution < 1.29 is 14.6 Å². The number of rotatable bonds is 8. The van der Waals surface area contributed by atoms with Crippen LogP contribution in [0.3, 0.4) is 0 Å². The number of amides is 1. The second-order valence-corrected chi connectivity index (χ2v) is 8.59. The number of piperidine rings is 1. The fourth-order valence-corrected chi connectivity index (χ4v) is 3.74. The van der Waals surface area contributed by atoms with E-state index in [0.717, 1.165) is 54.9 Å². The molecule has 0 aliphatic carbocycles. The zero-order valence-electron chi connectivity index (χ0n) is 18.4. The van der Waals surface area contributed by atoms with Crippen LogP contribution in [0.5, 0.6) is 5.75 Å². The van der Waals surface area contributed by atoms with Crippen LogP contribution in [0, 0.1) is 6.92 Å². The van der Waals surface area contributed by atoms with Gasteiger partial charge in [0.05, 0.1) is 6.10 Å². The number of benzene rings is 2. The first-order valence-corrected chi connectivity index (χ1v) is 10.9. The predicted octanol–water partition coefficient (Wildman–Crippen LogP) is 3.77. The van der Waals surface area contributed by atoms with Gasteiger partial charge < -0.3 is 15.2 Å². The van der Waals surface area contributed by atoms with Crippen LogP contribution >= 0.6 is 0 Å². The van der Waals surface area contributed by atoms with E-state index in [1.165, 1.54) is 5.56 Å². The van der Waals surface area contributed by atoms with Crippen molar-refractivity contribution in [3.05, 3.63) is 64.7 Å². The Morgan fingerprint density at radius 1 is 1.13 bits per heavy atom. The third kappa shape index (κ3) is 6.57. The molecule has 1 fully saturated rings. The summed E-state index contributed by atoms with van der Waals surface area (Å²) in [6.45, 7) is 9.56. The quantitative estimate of drug-likeness (QED) is 0.695. The fourth-order valence-electron chi connectivity index (χ4n) is 3.74. The highest BCUT2D eigenvalue weighted by molar-refractivity contribution is 5.77.